The normalized spacial score (nSPS) is 18.0. The molecule has 0 radical (unpaired) electrons. The van der Waals surface area contributed by atoms with E-state index in [0.717, 1.165) is 18.0 Å². The number of para-hydroxylation sites is 2. The first kappa shape index (κ1) is 20.0. The molecule has 0 unspecified atom stereocenters. The van der Waals surface area contributed by atoms with E-state index in [9.17, 15) is 9.59 Å². The molecular weight excluding hydrogens is 420 g/mol. The molecule has 2 amide bonds. The molecule has 2 aromatic carbocycles. The third-order valence-electron chi connectivity index (χ3n) is 4.50. The summed E-state index contributed by atoms with van der Waals surface area (Å²) in [4.78, 5) is 27.5. The van der Waals surface area contributed by atoms with Gasteiger partial charge in [0.25, 0.3) is 5.91 Å². The number of thioether (sulfide) groups is 1. The number of nitrogens with zero attached hydrogens (tertiary/aromatic N) is 2. The Kier molecular flexibility index (Phi) is 5.73. The van der Waals surface area contributed by atoms with Gasteiger partial charge in [-0.25, -0.2) is 0 Å². The van der Waals surface area contributed by atoms with Gasteiger partial charge in [-0.2, -0.15) is 0 Å². The van der Waals surface area contributed by atoms with E-state index in [2.05, 4.69) is 10.9 Å². The van der Waals surface area contributed by atoms with E-state index < -0.39 is 0 Å². The van der Waals surface area contributed by atoms with Crippen molar-refractivity contribution in [3.05, 3.63) is 71.5 Å². The van der Waals surface area contributed by atoms with Crippen LogP contribution in [0.3, 0.4) is 0 Å². The molecule has 0 spiro atoms. The van der Waals surface area contributed by atoms with Crippen LogP contribution in [0.25, 0.3) is 0 Å². The maximum absolute atomic E-state index is 13.0. The Morgan fingerprint density at radius 3 is 2.80 bits per heavy atom. The van der Waals surface area contributed by atoms with Gasteiger partial charge in [-0.15, -0.1) is 0 Å². The van der Waals surface area contributed by atoms with Crippen molar-refractivity contribution >= 4 is 57.7 Å². The number of fused-ring (bicyclic) bond motifs is 1. The number of carbonyl (C=O) groups is 2. The van der Waals surface area contributed by atoms with E-state index in [4.69, 9.17) is 17.0 Å². The second kappa shape index (κ2) is 8.60. The minimum Gasteiger partial charge on any atom is -0.439 e. The van der Waals surface area contributed by atoms with Crippen molar-refractivity contribution in [2.24, 2.45) is 0 Å². The van der Waals surface area contributed by atoms with Crippen molar-refractivity contribution in [1.82, 2.24) is 5.43 Å². The first-order valence-corrected chi connectivity index (χ1v) is 10.4. The Labute approximate surface area is 183 Å². The quantitative estimate of drug-likeness (QED) is 0.308. The number of carbonyl (C=O) groups excluding carboxylic acids is 2. The lowest BCUT2D eigenvalue weighted by Crippen LogP contribution is -2.27. The lowest BCUT2D eigenvalue weighted by Gasteiger charge is -2.16. The van der Waals surface area contributed by atoms with E-state index in [0.29, 0.717) is 32.9 Å². The number of anilines is 3. The molecule has 9 heteroatoms. The zero-order valence-corrected chi connectivity index (χ0v) is 17.6. The number of hydrogen-bond donors (Lipinski definition) is 2. The highest BCUT2D eigenvalue weighted by molar-refractivity contribution is 8.27. The van der Waals surface area contributed by atoms with Crippen LogP contribution in [0.4, 0.5) is 17.1 Å². The maximum Gasteiger partial charge on any atom is 0.270 e. The Balaban J connectivity index is 1.57. The molecule has 2 N–H and O–H groups in total. The van der Waals surface area contributed by atoms with Gasteiger partial charge in [-0.05, 0) is 43.3 Å². The molecule has 0 atom stereocenters. The van der Waals surface area contributed by atoms with Crippen molar-refractivity contribution in [3.63, 3.8) is 0 Å². The smallest absolute Gasteiger partial charge is 0.270 e. The molecular formula is C21H18N4O3S2. The lowest BCUT2D eigenvalue weighted by atomic mass is 10.2. The summed E-state index contributed by atoms with van der Waals surface area (Å²) in [7, 11) is 0. The van der Waals surface area contributed by atoms with Gasteiger partial charge >= 0.3 is 0 Å². The summed E-state index contributed by atoms with van der Waals surface area (Å²) in [5.41, 5.74) is 7.35. The fraction of sp³-hybridized carbons (Fsp3) is 0.0952. The zero-order chi connectivity index (χ0) is 21.1. The predicted octanol–water partition coefficient (Wildman–Crippen LogP) is 3.77. The summed E-state index contributed by atoms with van der Waals surface area (Å²) in [5.74, 6) is 1.25. The number of nitrogens with one attached hydrogen (secondary N) is 2. The lowest BCUT2D eigenvalue weighted by molar-refractivity contribution is -0.113. The maximum atomic E-state index is 13.0. The number of rotatable bonds is 6. The first-order chi connectivity index (χ1) is 14.6. The van der Waals surface area contributed by atoms with Gasteiger partial charge in [0.05, 0.1) is 22.0 Å². The Morgan fingerprint density at radius 1 is 1.17 bits per heavy atom. The summed E-state index contributed by atoms with van der Waals surface area (Å²) in [6, 6.07) is 14.9. The molecule has 0 aromatic heterocycles. The van der Waals surface area contributed by atoms with Crippen molar-refractivity contribution in [1.29, 1.82) is 0 Å². The molecule has 7 nitrogen and oxygen atoms in total. The first-order valence-electron chi connectivity index (χ1n) is 9.20. The van der Waals surface area contributed by atoms with Crippen molar-refractivity contribution < 1.29 is 14.3 Å². The molecule has 152 valence electrons. The number of hydrogen-bond acceptors (Lipinski definition) is 7. The van der Waals surface area contributed by atoms with Crippen LogP contribution < -0.4 is 25.4 Å². The van der Waals surface area contributed by atoms with Crippen LogP contribution in [0.1, 0.15) is 6.92 Å². The van der Waals surface area contributed by atoms with E-state index in [1.807, 2.05) is 36.1 Å². The second-order valence-electron chi connectivity index (χ2n) is 6.30. The Morgan fingerprint density at radius 2 is 2.00 bits per heavy atom. The minimum absolute atomic E-state index is 0.207. The van der Waals surface area contributed by atoms with E-state index in [-0.39, 0.29) is 5.91 Å². The molecule has 4 rings (SSSR count). The molecule has 2 aromatic rings. The Hall–Kier alpha value is -3.30. The largest absolute Gasteiger partial charge is 0.439 e. The van der Waals surface area contributed by atoms with Crippen LogP contribution in [0.15, 0.2) is 71.5 Å². The van der Waals surface area contributed by atoms with Gasteiger partial charge in [0.15, 0.2) is 10.1 Å². The van der Waals surface area contributed by atoms with Gasteiger partial charge in [-0.1, -0.05) is 42.2 Å². The average Bonchev–Trinajstić information content (AvgIpc) is 3.26. The SMILES string of the molecule is CCN1/C(=C\C=C2\SC(=S)N(c3cccc(NNC=O)c3)C2=O)Oc2ccccc21. The van der Waals surface area contributed by atoms with Crippen molar-refractivity contribution in [2.75, 3.05) is 21.8 Å². The average molecular weight is 439 g/mol. The van der Waals surface area contributed by atoms with E-state index in [1.54, 1.807) is 36.4 Å². The molecule has 0 saturated carbocycles. The van der Waals surface area contributed by atoms with Crippen LogP contribution in [0, 0.1) is 0 Å². The predicted molar refractivity (Wildman–Crippen MR) is 123 cm³/mol. The third kappa shape index (κ3) is 3.77. The summed E-state index contributed by atoms with van der Waals surface area (Å²) in [6.45, 7) is 2.78. The molecule has 0 aliphatic carbocycles. The molecule has 0 bridgehead atoms. The summed E-state index contributed by atoms with van der Waals surface area (Å²) >= 11 is 6.67. The van der Waals surface area contributed by atoms with Crippen molar-refractivity contribution in [2.45, 2.75) is 6.92 Å². The number of thiocarbonyl (C=S) groups is 1. The molecule has 2 aliphatic rings. The van der Waals surface area contributed by atoms with Gasteiger partial charge in [0, 0.05) is 12.6 Å². The number of ether oxygens (including phenoxy) is 1. The highest BCUT2D eigenvalue weighted by Gasteiger charge is 2.33. The van der Waals surface area contributed by atoms with Gasteiger partial charge in [0.2, 0.25) is 12.3 Å². The molecule has 2 aliphatic heterocycles. The fourth-order valence-electron chi connectivity index (χ4n) is 3.19. The van der Waals surface area contributed by atoms with Gasteiger partial charge in [0.1, 0.15) is 0 Å². The number of allylic oxidation sites excluding steroid dienone is 2. The number of amides is 2. The molecule has 1 fully saturated rings. The topological polar surface area (TPSA) is 73.9 Å². The summed E-state index contributed by atoms with van der Waals surface area (Å²) in [5, 5.41) is 0. The second-order valence-corrected chi connectivity index (χ2v) is 7.97. The highest BCUT2D eigenvalue weighted by Crippen LogP contribution is 2.39. The van der Waals surface area contributed by atoms with Crippen LogP contribution in [-0.2, 0) is 9.59 Å². The van der Waals surface area contributed by atoms with Gasteiger partial charge < -0.3 is 9.64 Å². The van der Waals surface area contributed by atoms with Gasteiger partial charge in [-0.3, -0.25) is 25.3 Å². The zero-order valence-electron chi connectivity index (χ0n) is 16.0. The summed E-state index contributed by atoms with van der Waals surface area (Å²) < 4.78 is 6.37. The van der Waals surface area contributed by atoms with E-state index in [1.165, 1.54) is 16.7 Å². The van der Waals surface area contributed by atoms with Crippen LogP contribution >= 0.6 is 24.0 Å². The summed E-state index contributed by atoms with van der Waals surface area (Å²) in [6.07, 6.45) is 4.06. The van der Waals surface area contributed by atoms with Crippen molar-refractivity contribution in [3.8, 4) is 5.75 Å². The standard InChI is InChI=1S/C21H18N4O3S2/c1-2-24-16-8-3-4-9-17(16)28-19(24)11-10-18-20(27)25(21(29)30-18)15-7-5-6-14(12-15)23-22-13-26/h3-13,23H,2H2,1H3,(H,22,26)/b18-10+,19-11+. The molecule has 1 saturated heterocycles. The molecule has 30 heavy (non-hydrogen) atoms. The number of benzene rings is 2. The van der Waals surface area contributed by atoms with E-state index >= 15 is 0 Å². The third-order valence-corrected chi connectivity index (χ3v) is 5.82. The van der Waals surface area contributed by atoms with Crippen LogP contribution in [0.5, 0.6) is 5.75 Å². The van der Waals surface area contributed by atoms with Crippen LogP contribution in [-0.4, -0.2) is 23.2 Å². The van der Waals surface area contributed by atoms with Crippen LogP contribution in [0.2, 0.25) is 0 Å². The Bertz CT molecular complexity index is 1080. The highest BCUT2D eigenvalue weighted by atomic mass is 32.2. The monoisotopic (exact) mass is 438 g/mol. The number of hydrazine groups is 1. The minimum atomic E-state index is -0.207. The molecule has 2 heterocycles. The fourth-order valence-corrected chi connectivity index (χ4v) is 4.43.